The van der Waals surface area contributed by atoms with Gasteiger partial charge in [0, 0.05) is 25.0 Å². The molecule has 1 aliphatic carbocycles. The molecule has 9 nitrogen and oxygen atoms in total. The third kappa shape index (κ3) is 3.50. The Balaban J connectivity index is 1.06. The molecular formula is C25H30N6O3. The summed E-state index contributed by atoms with van der Waals surface area (Å²) in [6.07, 6.45) is 2.98. The van der Waals surface area contributed by atoms with Crippen LogP contribution in [0.15, 0.2) is 41.6 Å². The maximum Gasteiger partial charge on any atom is 0.211 e. The van der Waals surface area contributed by atoms with Gasteiger partial charge >= 0.3 is 0 Å². The van der Waals surface area contributed by atoms with E-state index in [9.17, 15) is 15.0 Å². The summed E-state index contributed by atoms with van der Waals surface area (Å²) in [6.45, 7) is 6.22. The van der Waals surface area contributed by atoms with E-state index >= 15 is 0 Å². The van der Waals surface area contributed by atoms with Crippen LogP contribution in [0.2, 0.25) is 0 Å². The Hall–Kier alpha value is -2.88. The number of fused-ring (bicyclic) bond motifs is 3. The van der Waals surface area contributed by atoms with Crippen LogP contribution in [-0.4, -0.2) is 84.7 Å². The van der Waals surface area contributed by atoms with Crippen LogP contribution in [-0.2, 0) is 4.79 Å². The van der Waals surface area contributed by atoms with Crippen molar-refractivity contribution < 1.29 is 15.0 Å². The summed E-state index contributed by atoms with van der Waals surface area (Å²) in [5.41, 5.74) is 4.44. The molecule has 6 rings (SSSR count). The van der Waals surface area contributed by atoms with Gasteiger partial charge in [-0.1, -0.05) is 6.07 Å². The van der Waals surface area contributed by atoms with Gasteiger partial charge in [0.2, 0.25) is 5.78 Å². The van der Waals surface area contributed by atoms with Crippen molar-refractivity contribution in [2.24, 2.45) is 5.41 Å². The second-order valence-electron chi connectivity index (χ2n) is 10.2. The maximum absolute atomic E-state index is 12.0. The number of Topliss-reactive ketones (excluding diaryl/α,β-unsaturated/α-hetero) is 1. The topological polar surface area (TPSA) is 107 Å². The number of ketones is 1. The predicted octanol–water partition coefficient (Wildman–Crippen LogP) is 1.71. The fraction of sp³-hybridized carbons (Fsp3) is 0.520. The predicted molar refractivity (Wildman–Crippen MR) is 126 cm³/mol. The summed E-state index contributed by atoms with van der Waals surface area (Å²) in [6, 6.07) is 9.83. The maximum atomic E-state index is 12.0. The summed E-state index contributed by atoms with van der Waals surface area (Å²) in [4.78, 5) is 16.6. The Kier molecular flexibility index (Phi) is 5.16. The molecule has 1 aromatic carbocycles. The first-order valence-electron chi connectivity index (χ1n) is 12.1. The summed E-state index contributed by atoms with van der Waals surface area (Å²) in [5, 5.41) is 33.4. The molecule has 2 fully saturated rings. The minimum Gasteiger partial charge on any atom is -0.387 e. The highest BCUT2D eigenvalue weighted by Gasteiger charge is 2.43. The van der Waals surface area contributed by atoms with Gasteiger partial charge in [0.25, 0.3) is 0 Å². The van der Waals surface area contributed by atoms with Crippen molar-refractivity contribution in [3.05, 3.63) is 47.2 Å². The number of pyridine rings is 1. The fourth-order valence-electron chi connectivity index (χ4n) is 5.98. The highest BCUT2D eigenvalue weighted by molar-refractivity contribution is 6.07. The molecule has 2 aromatic heterocycles. The molecule has 2 aliphatic heterocycles. The Labute approximate surface area is 197 Å². The van der Waals surface area contributed by atoms with Crippen molar-refractivity contribution in [2.75, 3.05) is 32.7 Å². The minimum absolute atomic E-state index is 0.117. The van der Waals surface area contributed by atoms with Gasteiger partial charge in [0.05, 0.1) is 17.3 Å². The normalized spacial score (nSPS) is 24.3. The van der Waals surface area contributed by atoms with Gasteiger partial charge in [-0.25, -0.2) is 0 Å². The molecule has 4 heterocycles. The third-order valence-corrected chi connectivity index (χ3v) is 8.32. The van der Waals surface area contributed by atoms with Crippen LogP contribution in [0.1, 0.15) is 44.3 Å². The number of carbonyl (C=O) groups excluding carboxylic acids is 1. The largest absolute Gasteiger partial charge is 0.387 e. The number of aliphatic hydroxyl groups is 2. The molecule has 34 heavy (non-hydrogen) atoms. The number of benzene rings is 1. The Bertz CT molecular complexity index is 1280. The number of hydrogen-bond donors (Lipinski definition) is 2. The molecular weight excluding hydrogens is 432 g/mol. The lowest BCUT2D eigenvalue weighted by molar-refractivity contribution is -0.127. The van der Waals surface area contributed by atoms with E-state index in [2.05, 4.69) is 25.3 Å². The molecule has 2 saturated heterocycles. The van der Waals surface area contributed by atoms with Crippen molar-refractivity contribution in [3.8, 4) is 0 Å². The zero-order valence-corrected chi connectivity index (χ0v) is 19.4. The number of piperidine rings is 2. The molecule has 0 radical (unpaired) electrons. The summed E-state index contributed by atoms with van der Waals surface area (Å²) >= 11 is 0. The quantitative estimate of drug-likeness (QED) is 0.604. The molecule has 2 atom stereocenters. The lowest BCUT2D eigenvalue weighted by Gasteiger charge is -2.49. The molecule has 0 saturated carbocycles. The summed E-state index contributed by atoms with van der Waals surface area (Å²) in [5.74, 6) is -0.117. The molecule has 2 N–H and O–H groups in total. The Morgan fingerprint density at radius 3 is 2.56 bits per heavy atom. The van der Waals surface area contributed by atoms with Crippen LogP contribution in [0.3, 0.4) is 0 Å². The van der Waals surface area contributed by atoms with E-state index in [1.165, 1.54) is 0 Å². The van der Waals surface area contributed by atoms with E-state index in [4.69, 9.17) is 0 Å². The number of likely N-dealkylation sites (tertiary alicyclic amines) is 2. The van der Waals surface area contributed by atoms with E-state index in [0.29, 0.717) is 17.6 Å². The number of tetrazole rings is 1. The van der Waals surface area contributed by atoms with Gasteiger partial charge in [0.15, 0.2) is 5.65 Å². The number of nitrogens with zero attached hydrogens (tertiary/aromatic N) is 6. The number of rotatable bonds is 4. The van der Waals surface area contributed by atoms with Gasteiger partial charge in [-0.3, -0.25) is 4.79 Å². The fourth-order valence-corrected chi connectivity index (χ4v) is 5.98. The van der Waals surface area contributed by atoms with Gasteiger partial charge in [0.1, 0.15) is 6.10 Å². The van der Waals surface area contributed by atoms with E-state index in [1.807, 2.05) is 37.3 Å². The SMILES string of the molecule is CC1=C(N2CCC3(CCN(C[C@@H](O)c4ccc5c(ccc6nnnn65)c4)CC3)CC2)C(=O)C1O. The van der Waals surface area contributed by atoms with Crippen LogP contribution >= 0.6 is 0 Å². The Morgan fingerprint density at radius 1 is 1.09 bits per heavy atom. The van der Waals surface area contributed by atoms with Crippen molar-refractivity contribution in [1.29, 1.82) is 0 Å². The first-order valence-corrected chi connectivity index (χ1v) is 12.1. The second kappa shape index (κ2) is 8.11. The smallest absolute Gasteiger partial charge is 0.211 e. The first kappa shape index (κ1) is 21.6. The monoisotopic (exact) mass is 462 g/mol. The van der Waals surface area contributed by atoms with Crippen LogP contribution in [0.5, 0.6) is 0 Å². The number of aliphatic hydroxyl groups excluding tert-OH is 2. The van der Waals surface area contributed by atoms with Crippen LogP contribution in [0.4, 0.5) is 0 Å². The van der Waals surface area contributed by atoms with Crippen molar-refractivity contribution in [2.45, 2.75) is 44.8 Å². The molecule has 1 unspecified atom stereocenters. The molecule has 9 heteroatoms. The van der Waals surface area contributed by atoms with Gasteiger partial charge in [-0.2, -0.15) is 4.52 Å². The lowest BCUT2D eigenvalue weighted by Crippen LogP contribution is -2.51. The van der Waals surface area contributed by atoms with E-state index in [0.717, 1.165) is 79.6 Å². The van der Waals surface area contributed by atoms with Crippen molar-refractivity contribution in [3.63, 3.8) is 0 Å². The number of hydrogen-bond acceptors (Lipinski definition) is 8. The first-order chi connectivity index (χ1) is 16.4. The standard InChI is InChI=1S/C25H30N6O3/c1-16-22(24(34)23(16)33)30-12-8-25(9-13-30)6-10-29(11-7-25)15-20(32)18-2-4-19-17(14-18)3-5-21-26-27-28-31(19)21/h2-5,14,20,23,32-33H,6-13,15H2,1H3/t20-,23?/m1/s1. The average molecular weight is 463 g/mol. The zero-order chi connectivity index (χ0) is 23.4. The summed E-state index contributed by atoms with van der Waals surface area (Å²) < 4.78 is 1.71. The van der Waals surface area contributed by atoms with E-state index in [-0.39, 0.29) is 5.78 Å². The average Bonchev–Trinajstić information content (AvgIpc) is 3.36. The van der Waals surface area contributed by atoms with Gasteiger partial charge in [-0.05, 0) is 96.9 Å². The van der Waals surface area contributed by atoms with Gasteiger partial charge in [-0.15, -0.1) is 5.10 Å². The lowest BCUT2D eigenvalue weighted by atomic mass is 9.70. The highest BCUT2D eigenvalue weighted by Crippen LogP contribution is 2.43. The number of carbonyl (C=O) groups is 1. The molecule has 3 aromatic rings. The third-order valence-electron chi connectivity index (χ3n) is 8.32. The second-order valence-corrected chi connectivity index (χ2v) is 10.2. The van der Waals surface area contributed by atoms with Crippen LogP contribution in [0.25, 0.3) is 16.6 Å². The minimum atomic E-state index is -0.885. The zero-order valence-electron chi connectivity index (χ0n) is 19.4. The van der Waals surface area contributed by atoms with Crippen LogP contribution in [0, 0.1) is 5.41 Å². The Morgan fingerprint density at radius 2 is 1.82 bits per heavy atom. The van der Waals surface area contributed by atoms with Gasteiger partial charge < -0.3 is 20.0 Å². The molecule has 0 bridgehead atoms. The highest BCUT2D eigenvalue weighted by atomic mass is 16.3. The molecule has 0 amide bonds. The van der Waals surface area contributed by atoms with Crippen LogP contribution < -0.4 is 0 Å². The number of aromatic nitrogens is 4. The number of β-amino-alcohol motifs (C(OH)–C–C–N with tert-alkyl or cyclic N) is 1. The molecule has 1 spiro atoms. The van der Waals surface area contributed by atoms with E-state index in [1.54, 1.807) is 4.52 Å². The van der Waals surface area contributed by atoms with Crippen molar-refractivity contribution in [1.82, 2.24) is 29.8 Å². The molecule has 178 valence electrons. The van der Waals surface area contributed by atoms with E-state index < -0.39 is 12.2 Å². The van der Waals surface area contributed by atoms with Crippen molar-refractivity contribution >= 4 is 22.3 Å². The summed E-state index contributed by atoms with van der Waals surface area (Å²) in [7, 11) is 0. The molecule has 3 aliphatic rings.